The monoisotopic (exact) mass is 330 g/mol. The number of phenolic OH excluding ortho intramolecular Hbond substituents is 2. The van der Waals surface area contributed by atoms with Crippen LogP contribution in [0.2, 0.25) is 0 Å². The molecule has 3 N–H and O–H groups in total. The highest BCUT2D eigenvalue weighted by Crippen LogP contribution is 2.32. The minimum Gasteiger partial charge on any atom is -0.504 e. The fourth-order valence-corrected chi connectivity index (χ4v) is 3.78. The molecule has 1 aliphatic rings. The summed E-state index contributed by atoms with van der Waals surface area (Å²) in [5.74, 6) is -0.0703. The fraction of sp³-hybridized carbons (Fsp3) is 0.294. The number of amides is 1. The molecule has 2 aromatic rings. The van der Waals surface area contributed by atoms with Gasteiger partial charge in [-0.1, -0.05) is 13.0 Å². The molecule has 3 rings (SSSR count). The van der Waals surface area contributed by atoms with Crippen molar-refractivity contribution in [2.75, 3.05) is 0 Å². The number of hydrazone groups is 1. The van der Waals surface area contributed by atoms with Gasteiger partial charge in [-0.2, -0.15) is 5.10 Å². The van der Waals surface area contributed by atoms with Gasteiger partial charge in [0.25, 0.3) is 5.91 Å². The molecule has 1 aliphatic carbocycles. The number of rotatable bonds is 3. The van der Waals surface area contributed by atoms with Crippen LogP contribution in [0.15, 0.2) is 29.4 Å². The molecule has 0 unspecified atom stereocenters. The minimum absolute atomic E-state index is 0.222. The molecule has 120 valence electrons. The quantitative estimate of drug-likeness (QED) is 0.459. The first-order chi connectivity index (χ1) is 11.0. The van der Waals surface area contributed by atoms with E-state index in [9.17, 15) is 15.0 Å². The standard InChI is InChI=1S/C17H18N2O3S/c1-10-5-6-14-12(7-10)8-15(23-14)17(22)19-18-9-11-3-2-4-13(20)16(11)21/h2-4,8-10,20-21H,5-7H2,1H3,(H,19,22)/b18-9+/t10-/m0/s1. The van der Waals surface area contributed by atoms with Gasteiger partial charge in [-0.05, 0) is 48.9 Å². The van der Waals surface area contributed by atoms with E-state index in [0.29, 0.717) is 16.4 Å². The second-order valence-corrected chi connectivity index (χ2v) is 6.96. The van der Waals surface area contributed by atoms with Gasteiger partial charge in [0.05, 0.1) is 11.1 Å². The number of hydrogen-bond donors (Lipinski definition) is 3. The van der Waals surface area contributed by atoms with Gasteiger partial charge in [-0.15, -0.1) is 11.3 Å². The van der Waals surface area contributed by atoms with Gasteiger partial charge in [0.2, 0.25) is 0 Å². The Kier molecular flexibility index (Phi) is 4.34. The zero-order chi connectivity index (χ0) is 16.4. The van der Waals surface area contributed by atoms with E-state index in [4.69, 9.17) is 0 Å². The number of hydrogen-bond acceptors (Lipinski definition) is 5. The topological polar surface area (TPSA) is 81.9 Å². The fourth-order valence-electron chi connectivity index (χ4n) is 2.69. The second-order valence-electron chi connectivity index (χ2n) is 5.82. The molecule has 5 nitrogen and oxygen atoms in total. The third kappa shape index (κ3) is 3.37. The summed E-state index contributed by atoms with van der Waals surface area (Å²) < 4.78 is 0. The SMILES string of the molecule is C[C@H]1CCc2sc(C(=O)N/N=C/c3cccc(O)c3O)cc2C1. The summed E-state index contributed by atoms with van der Waals surface area (Å²) in [4.78, 5) is 14.1. The normalized spacial score (nSPS) is 17.2. The Morgan fingerprint density at radius 3 is 3.09 bits per heavy atom. The van der Waals surface area contributed by atoms with Gasteiger partial charge >= 0.3 is 0 Å². The number of carbonyl (C=O) groups is 1. The maximum Gasteiger partial charge on any atom is 0.281 e. The number of nitrogens with zero attached hydrogens (tertiary/aromatic N) is 1. The lowest BCUT2D eigenvalue weighted by Crippen LogP contribution is -2.16. The molecule has 1 atom stereocenters. The highest BCUT2D eigenvalue weighted by Gasteiger charge is 2.20. The van der Waals surface area contributed by atoms with Crippen molar-refractivity contribution in [1.29, 1.82) is 0 Å². The van der Waals surface area contributed by atoms with Crippen molar-refractivity contribution >= 4 is 23.5 Å². The number of carbonyl (C=O) groups excluding carboxylic acids is 1. The lowest BCUT2D eigenvalue weighted by Gasteiger charge is -2.16. The molecule has 0 spiro atoms. The van der Waals surface area contributed by atoms with Crippen LogP contribution in [0.1, 0.15) is 39.0 Å². The molecule has 1 heterocycles. The van der Waals surface area contributed by atoms with Crippen LogP contribution in [0.25, 0.3) is 0 Å². The van der Waals surface area contributed by atoms with Crippen molar-refractivity contribution < 1.29 is 15.0 Å². The second kappa shape index (κ2) is 6.42. The van der Waals surface area contributed by atoms with E-state index in [2.05, 4.69) is 17.5 Å². The molecule has 6 heteroatoms. The lowest BCUT2D eigenvalue weighted by atomic mass is 9.90. The summed E-state index contributed by atoms with van der Waals surface area (Å²) in [7, 11) is 0. The number of thiophene rings is 1. The zero-order valence-corrected chi connectivity index (χ0v) is 13.6. The number of nitrogens with one attached hydrogen (secondary N) is 1. The molecule has 1 amide bonds. The van der Waals surface area contributed by atoms with E-state index < -0.39 is 0 Å². The number of aromatic hydroxyl groups is 2. The molecule has 0 bridgehead atoms. The van der Waals surface area contributed by atoms with Crippen LogP contribution in [-0.4, -0.2) is 22.3 Å². The highest BCUT2D eigenvalue weighted by atomic mass is 32.1. The maximum absolute atomic E-state index is 12.2. The molecule has 23 heavy (non-hydrogen) atoms. The van der Waals surface area contributed by atoms with Crippen LogP contribution < -0.4 is 5.43 Å². The third-order valence-electron chi connectivity index (χ3n) is 3.97. The minimum atomic E-state index is -0.258. The Morgan fingerprint density at radius 2 is 2.26 bits per heavy atom. The van der Waals surface area contributed by atoms with Crippen molar-refractivity contribution in [3.05, 3.63) is 45.1 Å². The average molecular weight is 330 g/mol. The van der Waals surface area contributed by atoms with Gasteiger partial charge in [0, 0.05) is 10.4 Å². The predicted octanol–water partition coefficient (Wildman–Crippen LogP) is 3.05. The summed E-state index contributed by atoms with van der Waals surface area (Å²) in [6.07, 6.45) is 4.54. The average Bonchev–Trinajstić information content (AvgIpc) is 2.94. The number of phenols is 2. The van der Waals surface area contributed by atoms with Crippen molar-refractivity contribution in [2.24, 2.45) is 11.0 Å². The molecule has 1 aromatic heterocycles. The summed E-state index contributed by atoms with van der Waals surface area (Å²) in [5, 5.41) is 22.9. The highest BCUT2D eigenvalue weighted by molar-refractivity contribution is 7.14. The summed E-state index contributed by atoms with van der Waals surface area (Å²) in [6.45, 7) is 2.23. The Bertz CT molecular complexity index is 767. The van der Waals surface area contributed by atoms with Crippen molar-refractivity contribution in [2.45, 2.75) is 26.2 Å². The Balaban J connectivity index is 1.68. The van der Waals surface area contributed by atoms with Crippen LogP contribution in [0, 0.1) is 5.92 Å². The van der Waals surface area contributed by atoms with E-state index in [-0.39, 0.29) is 17.4 Å². The van der Waals surface area contributed by atoms with Gasteiger partial charge in [-0.3, -0.25) is 4.79 Å². The van der Waals surface area contributed by atoms with Gasteiger partial charge in [0.1, 0.15) is 0 Å². The summed E-state index contributed by atoms with van der Waals surface area (Å²) in [5.41, 5.74) is 4.07. The van der Waals surface area contributed by atoms with Crippen LogP contribution in [0.3, 0.4) is 0 Å². The van der Waals surface area contributed by atoms with Crippen molar-refractivity contribution in [1.82, 2.24) is 5.43 Å². The third-order valence-corrected chi connectivity index (χ3v) is 5.20. The molecule has 0 saturated carbocycles. The van der Waals surface area contributed by atoms with E-state index in [0.717, 1.165) is 12.8 Å². The Hall–Kier alpha value is -2.34. The molecule has 0 fully saturated rings. The maximum atomic E-state index is 12.2. The molecular weight excluding hydrogens is 312 g/mol. The number of fused-ring (bicyclic) bond motifs is 1. The smallest absolute Gasteiger partial charge is 0.281 e. The number of aryl methyl sites for hydroxylation is 1. The molecule has 0 saturated heterocycles. The van der Waals surface area contributed by atoms with Crippen LogP contribution in [0.5, 0.6) is 11.5 Å². The van der Waals surface area contributed by atoms with Crippen molar-refractivity contribution in [3.8, 4) is 11.5 Å². The molecular formula is C17H18N2O3S. The van der Waals surface area contributed by atoms with Crippen LogP contribution in [0.4, 0.5) is 0 Å². The van der Waals surface area contributed by atoms with E-state index >= 15 is 0 Å². The van der Waals surface area contributed by atoms with Gasteiger partial charge < -0.3 is 10.2 Å². The molecule has 0 aliphatic heterocycles. The lowest BCUT2D eigenvalue weighted by molar-refractivity contribution is 0.0959. The van der Waals surface area contributed by atoms with E-state index in [1.54, 1.807) is 12.1 Å². The van der Waals surface area contributed by atoms with E-state index in [1.807, 2.05) is 6.07 Å². The number of benzene rings is 1. The summed E-state index contributed by atoms with van der Waals surface area (Å²) in [6, 6.07) is 6.51. The summed E-state index contributed by atoms with van der Waals surface area (Å²) >= 11 is 1.52. The predicted molar refractivity (Wildman–Crippen MR) is 90.3 cm³/mol. The van der Waals surface area contributed by atoms with E-state index in [1.165, 1.54) is 40.5 Å². The van der Waals surface area contributed by atoms with Crippen LogP contribution in [-0.2, 0) is 12.8 Å². The van der Waals surface area contributed by atoms with Crippen molar-refractivity contribution in [3.63, 3.8) is 0 Å². The molecule has 1 aromatic carbocycles. The first-order valence-electron chi connectivity index (χ1n) is 7.50. The Labute approximate surface area is 138 Å². The Morgan fingerprint density at radius 1 is 1.43 bits per heavy atom. The van der Waals surface area contributed by atoms with Crippen LogP contribution >= 0.6 is 11.3 Å². The molecule has 0 radical (unpaired) electrons. The van der Waals surface area contributed by atoms with Gasteiger partial charge in [-0.25, -0.2) is 5.43 Å². The first-order valence-corrected chi connectivity index (χ1v) is 8.32. The largest absolute Gasteiger partial charge is 0.504 e. The number of para-hydroxylation sites is 1. The zero-order valence-electron chi connectivity index (χ0n) is 12.7. The first kappa shape index (κ1) is 15.6. The van der Waals surface area contributed by atoms with Gasteiger partial charge in [0.15, 0.2) is 11.5 Å².